The molecule has 0 unspecified atom stereocenters. The maximum Gasteiger partial charge on any atom is 0.251 e. The molecule has 0 saturated heterocycles. The number of unbranched alkanes of at least 4 members (excludes halogenated alkanes) is 2. The van der Waals surface area contributed by atoms with Gasteiger partial charge in [-0.2, -0.15) is 0 Å². The number of carbonyl (C=O) groups is 1. The Bertz CT molecular complexity index is 1200. The molecule has 5 heteroatoms. The van der Waals surface area contributed by atoms with Crippen molar-refractivity contribution in [2.24, 2.45) is 0 Å². The van der Waals surface area contributed by atoms with E-state index in [1.807, 2.05) is 61.5 Å². The predicted molar refractivity (Wildman–Crippen MR) is 126 cm³/mol. The predicted octanol–water partition coefficient (Wildman–Crippen LogP) is 5.67. The lowest BCUT2D eigenvalue weighted by Crippen LogP contribution is -2.24. The highest BCUT2D eigenvalue weighted by Crippen LogP contribution is 2.20. The van der Waals surface area contributed by atoms with Crippen LogP contribution in [0.25, 0.3) is 11.0 Å². The zero-order valence-corrected chi connectivity index (χ0v) is 18.4. The number of halogens is 1. The normalized spacial score (nSPS) is 11.1. The molecule has 1 heterocycles. The minimum Gasteiger partial charge on any atom is -0.352 e. The molecule has 1 amide bonds. The highest BCUT2D eigenvalue weighted by atomic mass is 19.1. The van der Waals surface area contributed by atoms with Crippen molar-refractivity contribution >= 4 is 16.9 Å². The Hall–Kier alpha value is -3.47. The van der Waals surface area contributed by atoms with E-state index in [9.17, 15) is 9.18 Å². The monoisotopic (exact) mass is 429 g/mol. The fourth-order valence-electron chi connectivity index (χ4n) is 3.94. The second-order valence-corrected chi connectivity index (χ2v) is 8.17. The number of rotatable bonds is 9. The van der Waals surface area contributed by atoms with Crippen LogP contribution in [0.4, 0.5) is 4.39 Å². The molecule has 1 N–H and O–H groups in total. The lowest BCUT2D eigenvalue weighted by molar-refractivity contribution is 0.0953. The van der Waals surface area contributed by atoms with E-state index in [2.05, 4.69) is 16.0 Å². The first-order valence-electron chi connectivity index (χ1n) is 11.1. The van der Waals surface area contributed by atoms with Gasteiger partial charge in [0.05, 0.1) is 11.0 Å². The number of hydrogen-bond donors (Lipinski definition) is 1. The number of amides is 1. The van der Waals surface area contributed by atoms with Gasteiger partial charge in [0.1, 0.15) is 11.6 Å². The van der Waals surface area contributed by atoms with Gasteiger partial charge < -0.3 is 9.88 Å². The summed E-state index contributed by atoms with van der Waals surface area (Å²) in [5, 5.41) is 3.00. The lowest BCUT2D eigenvalue weighted by Gasteiger charge is -2.10. The summed E-state index contributed by atoms with van der Waals surface area (Å²) < 4.78 is 15.5. The van der Waals surface area contributed by atoms with Crippen molar-refractivity contribution in [1.82, 2.24) is 14.9 Å². The van der Waals surface area contributed by atoms with Crippen LogP contribution in [0, 0.1) is 12.7 Å². The fraction of sp³-hybridized carbons (Fsp3) is 0.259. The Balaban J connectivity index is 1.32. The molecule has 0 saturated carbocycles. The summed E-state index contributed by atoms with van der Waals surface area (Å²) in [7, 11) is 0. The van der Waals surface area contributed by atoms with Gasteiger partial charge in [0, 0.05) is 25.1 Å². The number of nitrogens with zero attached hydrogens (tertiary/aromatic N) is 2. The van der Waals surface area contributed by atoms with Gasteiger partial charge in [-0.1, -0.05) is 48.4 Å². The van der Waals surface area contributed by atoms with Gasteiger partial charge in [-0.15, -0.1) is 0 Å². The summed E-state index contributed by atoms with van der Waals surface area (Å²) in [6.45, 7) is 3.32. The molecule has 164 valence electrons. The number of para-hydroxylation sites is 2. The van der Waals surface area contributed by atoms with Gasteiger partial charge >= 0.3 is 0 Å². The standard InChI is InChI=1S/C27H28FN3O/c1-20-8-7-9-22(18-20)27(32)29-17-6-2-3-12-26-30-24-10-4-5-11-25(24)31(26)19-21-13-15-23(28)16-14-21/h4-5,7-11,13-16,18H,2-3,6,12,17,19H2,1H3,(H,29,32). The summed E-state index contributed by atoms with van der Waals surface area (Å²) >= 11 is 0. The van der Waals surface area contributed by atoms with Gasteiger partial charge in [-0.25, -0.2) is 9.37 Å². The summed E-state index contributed by atoms with van der Waals surface area (Å²) in [5.74, 6) is 0.799. The first-order chi connectivity index (χ1) is 15.6. The quantitative estimate of drug-likeness (QED) is 0.348. The third-order valence-electron chi connectivity index (χ3n) is 5.63. The van der Waals surface area contributed by atoms with Crippen LogP contribution in [0.1, 0.15) is 46.6 Å². The third-order valence-corrected chi connectivity index (χ3v) is 5.63. The molecule has 0 radical (unpaired) electrons. The number of fused-ring (bicyclic) bond motifs is 1. The molecule has 4 aromatic rings. The van der Waals surface area contributed by atoms with Crippen molar-refractivity contribution in [2.75, 3.05) is 6.54 Å². The van der Waals surface area contributed by atoms with Gasteiger partial charge in [0.2, 0.25) is 0 Å². The molecule has 0 aliphatic rings. The molecular weight excluding hydrogens is 401 g/mol. The molecule has 0 spiro atoms. The second kappa shape index (κ2) is 10.2. The molecule has 1 aromatic heterocycles. The van der Waals surface area contributed by atoms with E-state index in [4.69, 9.17) is 4.98 Å². The van der Waals surface area contributed by atoms with Crippen LogP contribution in [-0.4, -0.2) is 22.0 Å². The molecule has 32 heavy (non-hydrogen) atoms. The summed E-state index contributed by atoms with van der Waals surface area (Å²) in [4.78, 5) is 17.1. The van der Waals surface area contributed by atoms with Gasteiger partial charge in [0.15, 0.2) is 0 Å². The van der Waals surface area contributed by atoms with Gasteiger partial charge in [-0.3, -0.25) is 4.79 Å². The molecule has 0 aliphatic carbocycles. The number of nitrogens with one attached hydrogen (secondary N) is 1. The first kappa shape index (κ1) is 21.8. The molecule has 0 aliphatic heterocycles. The molecule has 0 fully saturated rings. The fourth-order valence-corrected chi connectivity index (χ4v) is 3.94. The van der Waals surface area contributed by atoms with E-state index in [-0.39, 0.29) is 11.7 Å². The average molecular weight is 430 g/mol. The number of imidazole rings is 1. The van der Waals surface area contributed by atoms with E-state index < -0.39 is 0 Å². The SMILES string of the molecule is Cc1cccc(C(=O)NCCCCCc2nc3ccccc3n2Cc2ccc(F)cc2)c1. The smallest absolute Gasteiger partial charge is 0.251 e. The van der Waals surface area contributed by atoms with Crippen LogP contribution >= 0.6 is 0 Å². The Labute approximate surface area is 188 Å². The third kappa shape index (κ3) is 5.41. The number of aromatic nitrogens is 2. The van der Waals surface area contributed by atoms with Crippen molar-refractivity contribution in [3.05, 3.63) is 101 Å². The maximum absolute atomic E-state index is 13.3. The zero-order valence-electron chi connectivity index (χ0n) is 18.4. The van der Waals surface area contributed by atoms with E-state index in [0.717, 1.165) is 53.7 Å². The van der Waals surface area contributed by atoms with Crippen LogP contribution in [0.5, 0.6) is 0 Å². The van der Waals surface area contributed by atoms with Gasteiger partial charge in [-0.05, 0) is 61.7 Å². The minimum atomic E-state index is -0.223. The maximum atomic E-state index is 13.3. The number of hydrogen-bond acceptors (Lipinski definition) is 2. The van der Waals surface area contributed by atoms with E-state index in [1.165, 1.54) is 12.1 Å². The molecular formula is C27H28FN3O. The molecule has 3 aromatic carbocycles. The van der Waals surface area contributed by atoms with E-state index >= 15 is 0 Å². The summed E-state index contributed by atoms with van der Waals surface area (Å²) in [6.07, 6.45) is 3.79. The van der Waals surface area contributed by atoms with Crippen molar-refractivity contribution in [3.8, 4) is 0 Å². The highest BCUT2D eigenvalue weighted by Gasteiger charge is 2.11. The topological polar surface area (TPSA) is 46.9 Å². The Kier molecular flexibility index (Phi) is 6.95. The largest absolute Gasteiger partial charge is 0.352 e. The summed E-state index contributed by atoms with van der Waals surface area (Å²) in [5.41, 5.74) is 4.92. The molecule has 0 atom stereocenters. The Morgan fingerprint density at radius 3 is 2.59 bits per heavy atom. The van der Waals surface area contributed by atoms with E-state index in [1.54, 1.807) is 0 Å². The van der Waals surface area contributed by atoms with Crippen molar-refractivity contribution in [2.45, 2.75) is 39.2 Å². The molecule has 4 rings (SSSR count). The summed E-state index contributed by atoms with van der Waals surface area (Å²) in [6, 6.07) is 22.4. The first-order valence-corrected chi connectivity index (χ1v) is 11.1. The van der Waals surface area contributed by atoms with Gasteiger partial charge in [0.25, 0.3) is 5.91 Å². The van der Waals surface area contributed by atoms with Crippen LogP contribution in [0.3, 0.4) is 0 Å². The Morgan fingerprint density at radius 1 is 0.969 bits per heavy atom. The number of benzene rings is 3. The number of carbonyl (C=O) groups excluding carboxylic acids is 1. The molecule has 4 nitrogen and oxygen atoms in total. The highest BCUT2D eigenvalue weighted by molar-refractivity contribution is 5.94. The van der Waals surface area contributed by atoms with E-state index in [0.29, 0.717) is 18.7 Å². The Morgan fingerprint density at radius 2 is 1.78 bits per heavy atom. The van der Waals surface area contributed by atoms with Crippen molar-refractivity contribution in [3.63, 3.8) is 0 Å². The van der Waals surface area contributed by atoms with Crippen LogP contribution in [0.15, 0.2) is 72.8 Å². The average Bonchev–Trinajstić information content (AvgIpc) is 3.14. The van der Waals surface area contributed by atoms with Crippen LogP contribution in [0.2, 0.25) is 0 Å². The lowest BCUT2D eigenvalue weighted by atomic mass is 10.1. The second-order valence-electron chi connectivity index (χ2n) is 8.17. The molecule has 0 bridgehead atoms. The van der Waals surface area contributed by atoms with Crippen LogP contribution < -0.4 is 5.32 Å². The minimum absolute atomic E-state index is 0.0187. The van der Waals surface area contributed by atoms with Crippen LogP contribution in [-0.2, 0) is 13.0 Å². The van der Waals surface area contributed by atoms with Crippen molar-refractivity contribution < 1.29 is 9.18 Å². The number of aryl methyl sites for hydroxylation is 2. The van der Waals surface area contributed by atoms with Crippen molar-refractivity contribution in [1.29, 1.82) is 0 Å². The zero-order chi connectivity index (χ0) is 22.3.